The molecule has 4 aromatic heterocycles. The number of ether oxygens (including phenoxy) is 1. The second-order valence-corrected chi connectivity index (χ2v) is 10.0. The molecule has 4 heterocycles. The number of aromatic nitrogens is 4. The van der Waals surface area contributed by atoms with Gasteiger partial charge in [-0.05, 0) is 48.4 Å². The Hall–Kier alpha value is -4.04. The maximum absolute atomic E-state index is 13.4. The number of hydrogen-bond acceptors (Lipinski definition) is 6. The van der Waals surface area contributed by atoms with Gasteiger partial charge in [-0.3, -0.25) is 9.20 Å². The number of carbonyl (C=O) groups excluding carboxylic acids is 1. The Labute approximate surface area is 203 Å². The number of methoxy groups -OCH3 is 1. The molecule has 0 fully saturated rings. The summed E-state index contributed by atoms with van der Waals surface area (Å²) in [6.45, 7) is 0. The Balaban J connectivity index is 1.56. The predicted octanol–water partition coefficient (Wildman–Crippen LogP) is 5.00. The standard InChI is InChI=1S/C27H20N4O3S/c1-34-27(33)21-22-24(29-18-10-6-5-9-17(18)28-22)31-23(21)30-25(32)20-16-12-11-15(13-19(16)35-26(20)31)14-7-3-2-4-8-14/h2-10,15H,11-13H2,1H3,(H,30,32)/t15-/m0/s1. The summed E-state index contributed by atoms with van der Waals surface area (Å²) in [5.41, 5.74) is 5.20. The highest BCUT2D eigenvalue weighted by atomic mass is 32.1. The molecule has 0 unspecified atom stereocenters. The third-order valence-corrected chi connectivity index (χ3v) is 8.27. The molecular formula is C27H20N4O3S. The summed E-state index contributed by atoms with van der Waals surface area (Å²) < 4.78 is 6.97. The van der Waals surface area contributed by atoms with E-state index in [2.05, 4.69) is 29.2 Å². The van der Waals surface area contributed by atoms with Crippen LogP contribution in [0.1, 0.15) is 38.7 Å². The van der Waals surface area contributed by atoms with E-state index in [1.807, 2.05) is 34.7 Å². The molecule has 2 aromatic carbocycles. The fraction of sp³-hybridized carbons (Fsp3) is 0.185. The molecule has 0 spiro atoms. The van der Waals surface area contributed by atoms with Gasteiger partial charge in [0.25, 0.3) is 5.56 Å². The summed E-state index contributed by atoms with van der Waals surface area (Å²) in [4.78, 5) is 40.9. The van der Waals surface area contributed by atoms with Crippen LogP contribution in [-0.2, 0) is 17.6 Å². The molecule has 172 valence electrons. The van der Waals surface area contributed by atoms with Crippen molar-refractivity contribution in [1.82, 2.24) is 19.4 Å². The number of hydrogen-bond donors (Lipinski definition) is 1. The number of rotatable bonds is 2. The SMILES string of the molecule is COC(=O)c1c2nc3ccccc3nc2n2c1[nH]c(=O)c1c3c(sc12)C[C@@H](c1ccccc1)CC3. The minimum absolute atomic E-state index is 0.194. The molecule has 1 aliphatic rings. The summed E-state index contributed by atoms with van der Waals surface area (Å²) in [5.74, 6) is -0.135. The Bertz CT molecular complexity index is 1870. The van der Waals surface area contributed by atoms with Crippen molar-refractivity contribution in [2.24, 2.45) is 0 Å². The van der Waals surface area contributed by atoms with E-state index in [9.17, 15) is 9.59 Å². The number of H-pyrrole nitrogens is 1. The summed E-state index contributed by atoms with van der Waals surface area (Å²) in [5, 5.41) is 0.687. The fourth-order valence-corrected chi connectivity index (χ4v) is 6.83. The second-order valence-electron chi connectivity index (χ2n) is 8.92. The number of aryl methyl sites for hydroxylation is 1. The first-order chi connectivity index (χ1) is 17.1. The Morgan fingerprint density at radius 2 is 1.83 bits per heavy atom. The number of aromatic amines is 1. The molecule has 0 saturated heterocycles. The summed E-state index contributed by atoms with van der Waals surface area (Å²) in [6.07, 6.45) is 2.71. The number of esters is 1. The van der Waals surface area contributed by atoms with E-state index in [0.717, 1.165) is 35.2 Å². The van der Waals surface area contributed by atoms with Gasteiger partial charge >= 0.3 is 5.97 Å². The number of nitrogens with zero attached hydrogens (tertiary/aromatic N) is 3. The number of thiophene rings is 1. The van der Waals surface area contributed by atoms with E-state index in [4.69, 9.17) is 14.7 Å². The van der Waals surface area contributed by atoms with Crippen LogP contribution in [0.15, 0.2) is 59.4 Å². The summed E-state index contributed by atoms with van der Waals surface area (Å²) >= 11 is 1.62. The second kappa shape index (κ2) is 7.48. The van der Waals surface area contributed by atoms with Crippen LogP contribution in [0.5, 0.6) is 0 Å². The van der Waals surface area contributed by atoms with Gasteiger partial charge in [-0.15, -0.1) is 11.3 Å². The average molecular weight is 481 g/mol. The van der Waals surface area contributed by atoms with Crippen LogP contribution < -0.4 is 5.56 Å². The quantitative estimate of drug-likeness (QED) is 0.353. The maximum atomic E-state index is 13.4. The van der Waals surface area contributed by atoms with Gasteiger partial charge in [-0.1, -0.05) is 42.5 Å². The lowest BCUT2D eigenvalue weighted by Crippen LogP contribution is -2.15. The molecule has 0 aliphatic heterocycles. The Kier molecular flexibility index (Phi) is 4.35. The van der Waals surface area contributed by atoms with E-state index in [0.29, 0.717) is 33.6 Å². The first-order valence-electron chi connectivity index (χ1n) is 11.5. The van der Waals surface area contributed by atoms with Crippen molar-refractivity contribution in [3.63, 3.8) is 0 Å². The van der Waals surface area contributed by atoms with E-state index in [1.165, 1.54) is 17.6 Å². The van der Waals surface area contributed by atoms with Gasteiger partial charge in [0, 0.05) is 4.88 Å². The van der Waals surface area contributed by atoms with Crippen molar-refractivity contribution in [2.75, 3.05) is 7.11 Å². The van der Waals surface area contributed by atoms with Crippen LogP contribution in [0.2, 0.25) is 0 Å². The van der Waals surface area contributed by atoms with Crippen molar-refractivity contribution >= 4 is 55.4 Å². The fourth-order valence-electron chi connectivity index (χ4n) is 5.40. The molecular weight excluding hydrogens is 460 g/mol. The average Bonchev–Trinajstić information content (AvgIpc) is 3.42. The molecule has 0 bridgehead atoms. The molecule has 1 atom stereocenters. The topological polar surface area (TPSA) is 89.3 Å². The molecule has 6 aromatic rings. The van der Waals surface area contributed by atoms with Crippen LogP contribution >= 0.6 is 11.3 Å². The highest BCUT2D eigenvalue weighted by Gasteiger charge is 2.30. The van der Waals surface area contributed by atoms with Gasteiger partial charge in [0.15, 0.2) is 5.65 Å². The first kappa shape index (κ1) is 20.3. The monoisotopic (exact) mass is 480 g/mol. The largest absolute Gasteiger partial charge is 0.465 e. The number of nitrogens with one attached hydrogen (secondary N) is 1. The smallest absolute Gasteiger partial charge is 0.343 e. The van der Waals surface area contributed by atoms with Gasteiger partial charge in [0.05, 0.1) is 23.5 Å². The van der Waals surface area contributed by atoms with Gasteiger partial charge in [-0.2, -0.15) is 0 Å². The van der Waals surface area contributed by atoms with Crippen LogP contribution in [-0.4, -0.2) is 32.4 Å². The number of para-hydroxylation sites is 2. The highest BCUT2D eigenvalue weighted by molar-refractivity contribution is 7.19. The van der Waals surface area contributed by atoms with Crippen molar-refractivity contribution < 1.29 is 9.53 Å². The molecule has 0 saturated carbocycles. The number of carbonyl (C=O) groups is 1. The number of benzene rings is 2. The van der Waals surface area contributed by atoms with Gasteiger partial charge < -0.3 is 9.72 Å². The van der Waals surface area contributed by atoms with Gasteiger partial charge in [0.2, 0.25) is 0 Å². The molecule has 1 aliphatic carbocycles. The highest BCUT2D eigenvalue weighted by Crippen LogP contribution is 2.41. The zero-order valence-electron chi connectivity index (χ0n) is 18.9. The molecule has 7 rings (SSSR count). The molecule has 8 heteroatoms. The lowest BCUT2D eigenvalue weighted by atomic mass is 9.83. The van der Waals surface area contributed by atoms with Gasteiger partial charge in [0.1, 0.15) is 21.6 Å². The number of fused-ring (bicyclic) bond motifs is 8. The van der Waals surface area contributed by atoms with Crippen molar-refractivity contribution in [3.8, 4) is 0 Å². The third kappa shape index (κ3) is 2.89. The minimum Gasteiger partial charge on any atom is -0.465 e. The van der Waals surface area contributed by atoms with Crippen molar-refractivity contribution in [3.05, 3.63) is 86.5 Å². The van der Waals surface area contributed by atoms with Crippen LogP contribution in [0, 0.1) is 0 Å². The normalized spacial score (nSPS) is 15.7. The molecule has 0 amide bonds. The molecule has 1 N–H and O–H groups in total. The van der Waals surface area contributed by atoms with Crippen LogP contribution in [0.25, 0.3) is 38.1 Å². The van der Waals surface area contributed by atoms with E-state index >= 15 is 0 Å². The lowest BCUT2D eigenvalue weighted by Gasteiger charge is -2.22. The summed E-state index contributed by atoms with van der Waals surface area (Å²) in [6, 6.07) is 18.1. The van der Waals surface area contributed by atoms with E-state index < -0.39 is 5.97 Å². The van der Waals surface area contributed by atoms with E-state index in [-0.39, 0.29) is 11.1 Å². The Morgan fingerprint density at radius 3 is 2.60 bits per heavy atom. The molecule has 7 nitrogen and oxygen atoms in total. The maximum Gasteiger partial charge on any atom is 0.343 e. The van der Waals surface area contributed by atoms with Crippen LogP contribution in [0.4, 0.5) is 0 Å². The zero-order valence-corrected chi connectivity index (χ0v) is 19.7. The van der Waals surface area contributed by atoms with E-state index in [1.54, 1.807) is 11.3 Å². The minimum atomic E-state index is -0.553. The third-order valence-electron chi connectivity index (χ3n) is 7.03. The van der Waals surface area contributed by atoms with Crippen molar-refractivity contribution in [1.29, 1.82) is 0 Å². The summed E-state index contributed by atoms with van der Waals surface area (Å²) in [7, 11) is 1.33. The zero-order chi connectivity index (χ0) is 23.7. The molecule has 0 radical (unpaired) electrons. The lowest BCUT2D eigenvalue weighted by molar-refractivity contribution is 0.0604. The van der Waals surface area contributed by atoms with Crippen molar-refractivity contribution in [2.45, 2.75) is 25.2 Å². The Morgan fingerprint density at radius 1 is 1.09 bits per heavy atom. The first-order valence-corrected chi connectivity index (χ1v) is 12.4. The molecule has 35 heavy (non-hydrogen) atoms. The predicted molar refractivity (Wildman–Crippen MR) is 137 cm³/mol. The van der Waals surface area contributed by atoms with Crippen LogP contribution in [0.3, 0.4) is 0 Å². The van der Waals surface area contributed by atoms with Gasteiger partial charge in [-0.25, -0.2) is 14.8 Å².